The highest BCUT2D eigenvalue weighted by Gasteiger charge is 2.54. The van der Waals surface area contributed by atoms with Gasteiger partial charge in [0.25, 0.3) is 0 Å². The second-order valence-electron chi connectivity index (χ2n) is 5.06. The molecule has 0 aliphatic heterocycles. The van der Waals surface area contributed by atoms with E-state index in [2.05, 4.69) is 17.1 Å². The summed E-state index contributed by atoms with van der Waals surface area (Å²) >= 11 is 0. The number of nitrogens with two attached hydrogens (primary N) is 1. The van der Waals surface area contributed by atoms with Gasteiger partial charge in [0.05, 0.1) is 0 Å². The zero-order chi connectivity index (χ0) is 10.3. The van der Waals surface area contributed by atoms with Gasteiger partial charge >= 0.3 is 0 Å². The molecule has 0 spiro atoms. The molecule has 2 aliphatic carbocycles. The average Bonchev–Trinajstić information content (AvgIpc) is 2.75. The Labute approximate surface area is 90.9 Å². The molecular formula is C13H18N2. The van der Waals surface area contributed by atoms with Gasteiger partial charge in [0.15, 0.2) is 0 Å². The number of hydrogen-bond acceptors (Lipinski definition) is 2. The SMILES string of the molecule is NC(Cc1ccncc1)C1C2CCCC21. The lowest BCUT2D eigenvalue weighted by Crippen LogP contribution is -2.27. The van der Waals surface area contributed by atoms with Crippen LogP contribution in [0.1, 0.15) is 24.8 Å². The molecule has 0 amide bonds. The highest BCUT2D eigenvalue weighted by molar-refractivity contribution is 5.15. The van der Waals surface area contributed by atoms with Crippen molar-refractivity contribution in [1.82, 2.24) is 4.98 Å². The Morgan fingerprint density at radius 2 is 1.93 bits per heavy atom. The van der Waals surface area contributed by atoms with E-state index in [0.717, 1.165) is 24.2 Å². The van der Waals surface area contributed by atoms with Gasteiger partial charge in [0, 0.05) is 18.4 Å². The molecule has 1 aromatic rings. The first-order valence-corrected chi connectivity index (χ1v) is 6.01. The first-order chi connectivity index (χ1) is 7.36. The van der Waals surface area contributed by atoms with Crippen LogP contribution in [0.15, 0.2) is 24.5 Å². The van der Waals surface area contributed by atoms with E-state index in [-0.39, 0.29) is 0 Å². The minimum absolute atomic E-state index is 0.377. The van der Waals surface area contributed by atoms with E-state index in [1.807, 2.05) is 12.4 Å². The first-order valence-electron chi connectivity index (χ1n) is 6.01. The molecule has 3 unspecified atom stereocenters. The summed E-state index contributed by atoms with van der Waals surface area (Å²) in [5.41, 5.74) is 7.62. The fourth-order valence-corrected chi connectivity index (χ4v) is 3.44. The van der Waals surface area contributed by atoms with Gasteiger partial charge in [-0.15, -0.1) is 0 Å². The van der Waals surface area contributed by atoms with E-state index in [4.69, 9.17) is 5.73 Å². The topological polar surface area (TPSA) is 38.9 Å². The van der Waals surface area contributed by atoms with E-state index < -0.39 is 0 Å². The van der Waals surface area contributed by atoms with E-state index in [1.54, 1.807) is 0 Å². The van der Waals surface area contributed by atoms with Crippen LogP contribution in [0.4, 0.5) is 0 Å². The predicted octanol–water partition coefficient (Wildman–Crippen LogP) is 2.00. The molecule has 80 valence electrons. The molecule has 2 fully saturated rings. The Hall–Kier alpha value is -0.890. The average molecular weight is 202 g/mol. The standard InChI is InChI=1S/C13H18N2/c14-12(8-9-4-6-15-7-5-9)13-10-2-1-3-11(10)13/h4-7,10-13H,1-3,8,14H2. The predicted molar refractivity (Wildman–Crippen MR) is 60.2 cm³/mol. The Balaban J connectivity index is 1.60. The Morgan fingerprint density at radius 1 is 1.27 bits per heavy atom. The highest BCUT2D eigenvalue weighted by Crippen LogP contribution is 2.58. The molecule has 2 aliphatic rings. The van der Waals surface area contributed by atoms with Gasteiger partial charge in [-0.2, -0.15) is 0 Å². The van der Waals surface area contributed by atoms with Gasteiger partial charge in [-0.05, 0) is 54.7 Å². The van der Waals surface area contributed by atoms with Crippen molar-refractivity contribution in [2.45, 2.75) is 31.7 Å². The number of aromatic nitrogens is 1. The van der Waals surface area contributed by atoms with Gasteiger partial charge in [-0.25, -0.2) is 0 Å². The van der Waals surface area contributed by atoms with Crippen molar-refractivity contribution < 1.29 is 0 Å². The van der Waals surface area contributed by atoms with Crippen LogP contribution in [-0.2, 0) is 6.42 Å². The van der Waals surface area contributed by atoms with Crippen LogP contribution in [0, 0.1) is 17.8 Å². The summed E-state index contributed by atoms with van der Waals surface area (Å²) in [5.74, 6) is 2.77. The number of pyridine rings is 1. The van der Waals surface area contributed by atoms with Crippen LogP contribution in [-0.4, -0.2) is 11.0 Å². The van der Waals surface area contributed by atoms with Crippen LogP contribution >= 0.6 is 0 Å². The molecule has 3 atom stereocenters. The summed E-state index contributed by atoms with van der Waals surface area (Å²) in [6.07, 6.45) is 9.04. The van der Waals surface area contributed by atoms with Crippen molar-refractivity contribution in [1.29, 1.82) is 0 Å². The van der Waals surface area contributed by atoms with Crippen LogP contribution < -0.4 is 5.73 Å². The lowest BCUT2D eigenvalue weighted by molar-refractivity contribution is 0.484. The van der Waals surface area contributed by atoms with Crippen molar-refractivity contribution in [3.63, 3.8) is 0 Å². The van der Waals surface area contributed by atoms with Crippen LogP contribution in [0.5, 0.6) is 0 Å². The van der Waals surface area contributed by atoms with Gasteiger partial charge in [0.1, 0.15) is 0 Å². The molecular weight excluding hydrogens is 184 g/mol. The molecule has 1 aromatic heterocycles. The fraction of sp³-hybridized carbons (Fsp3) is 0.615. The lowest BCUT2D eigenvalue weighted by Gasteiger charge is -2.13. The molecule has 3 rings (SSSR count). The van der Waals surface area contributed by atoms with Gasteiger partial charge in [0.2, 0.25) is 0 Å². The smallest absolute Gasteiger partial charge is 0.0270 e. The highest BCUT2D eigenvalue weighted by atomic mass is 14.7. The van der Waals surface area contributed by atoms with Crippen LogP contribution in [0.2, 0.25) is 0 Å². The molecule has 2 N–H and O–H groups in total. The molecule has 2 nitrogen and oxygen atoms in total. The number of hydrogen-bond donors (Lipinski definition) is 1. The third-order valence-corrected chi connectivity index (χ3v) is 4.19. The Morgan fingerprint density at radius 3 is 2.60 bits per heavy atom. The quantitative estimate of drug-likeness (QED) is 0.814. The summed E-state index contributed by atoms with van der Waals surface area (Å²) in [5, 5.41) is 0. The molecule has 0 radical (unpaired) electrons. The van der Waals surface area contributed by atoms with Crippen molar-refractivity contribution in [3.8, 4) is 0 Å². The minimum atomic E-state index is 0.377. The number of rotatable bonds is 3. The maximum atomic E-state index is 6.28. The zero-order valence-electron chi connectivity index (χ0n) is 8.97. The molecule has 15 heavy (non-hydrogen) atoms. The van der Waals surface area contributed by atoms with Gasteiger partial charge < -0.3 is 5.73 Å². The van der Waals surface area contributed by atoms with E-state index in [9.17, 15) is 0 Å². The summed E-state index contributed by atoms with van der Waals surface area (Å²) in [4.78, 5) is 4.03. The van der Waals surface area contributed by atoms with E-state index >= 15 is 0 Å². The fourth-order valence-electron chi connectivity index (χ4n) is 3.44. The minimum Gasteiger partial charge on any atom is -0.327 e. The number of fused-ring (bicyclic) bond motifs is 1. The molecule has 1 heterocycles. The molecule has 0 aromatic carbocycles. The molecule has 0 saturated heterocycles. The van der Waals surface area contributed by atoms with Gasteiger partial charge in [-0.3, -0.25) is 4.98 Å². The monoisotopic (exact) mass is 202 g/mol. The van der Waals surface area contributed by atoms with Crippen molar-refractivity contribution in [2.75, 3.05) is 0 Å². The maximum absolute atomic E-state index is 6.28. The summed E-state index contributed by atoms with van der Waals surface area (Å²) in [6, 6.07) is 4.54. The van der Waals surface area contributed by atoms with Crippen LogP contribution in [0.3, 0.4) is 0 Å². The zero-order valence-corrected chi connectivity index (χ0v) is 8.97. The van der Waals surface area contributed by atoms with Gasteiger partial charge in [-0.1, -0.05) is 6.42 Å². The molecule has 2 heteroatoms. The first kappa shape index (κ1) is 9.34. The molecule has 0 bridgehead atoms. The van der Waals surface area contributed by atoms with Crippen molar-refractivity contribution in [2.24, 2.45) is 23.5 Å². The second-order valence-corrected chi connectivity index (χ2v) is 5.06. The third kappa shape index (κ3) is 1.67. The van der Waals surface area contributed by atoms with E-state index in [1.165, 1.54) is 24.8 Å². The maximum Gasteiger partial charge on any atom is 0.0270 e. The van der Waals surface area contributed by atoms with Crippen LogP contribution in [0.25, 0.3) is 0 Å². The third-order valence-electron chi connectivity index (χ3n) is 4.19. The summed E-state index contributed by atoms with van der Waals surface area (Å²) in [7, 11) is 0. The summed E-state index contributed by atoms with van der Waals surface area (Å²) < 4.78 is 0. The largest absolute Gasteiger partial charge is 0.327 e. The van der Waals surface area contributed by atoms with Crippen molar-refractivity contribution in [3.05, 3.63) is 30.1 Å². The Bertz CT molecular complexity index is 326. The summed E-state index contributed by atoms with van der Waals surface area (Å²) in [6.45, 7) is 0. The molecule has 2 saturated carbocycles. The second kappa shape index (κ2) is 3.60. The normalized spacial score (nSPS) is 34.9. The lowest BCUT2D eigenvalue weighted by atomic mass is 9.99. The number of nitrogens with zero attached hydrogens (tertiary/aromatic N) is 1. The Kier molecular flexibility index (Phi) is 2.24. The van der Waals surface area contributed by atoms with Crippen molar-refractivity contribution >= 4 is 0 Å². The van der Waals surface area contributed by atoms with E-state index in [0.29, 0.717) is 6.04 Å².